The first-order chi connectivity index (χ1) is 4.83. The maximum absolute atomic E-state index is 8.37. The second-order valence-corrected chi connectivity index (χ2v) is 1.99. The van der Waals surface area contributed by atoms with Gasteiger partial charge in [-0.2, -0.15) is 5.26 Å². The van der Waals surface area contributed by atoms with Crippen molar-refractivity contribution in [3.63, 3.8) is 0 Å². The number of nitriles is 1. The number of imidazole rings is 1. The summed E-state index contributed by atoms with van der Waals surface area (Å²) in [5.41, 5.74) is 0. The second-order valence-electron chi connectivity index (χ2n) is 1.99. The highest BCUT2D eigenvalue weighted by molar-refractivity contribution is 4.88. The third kappa shape index (κ3) is 1.49. The third-order valence-electron chi connectivity index (χ3n) is 1.11. The lowest BCUT2D eigenvalue weighted by molar-refractivity contribution is 0.456. The summed E-state index contributed by atoms with van der Waals surface area (Å²) >= 11 is 0. The number of hydrogen-bond acceptors (Lipinski definition) is 3. The van der Waals surface area contributed by atoms with Gasteiger partial charge in [0, 0.05) is 19.4 Å². The summed E-state index contributed by atoms with van der Waals surface area (Å²) in [5, 5.41) is 8.37. The van der Waals surface area contributed by atoms with E-state index in [1.165, 1.54) is 4.90 Å². The van der Waals surface area contributed by atoms with Crippen LogP contribution < -0.4 is 0 Å². The zero-order valence-corrected chi connectivity index (χ0v) is 5.70. The molecular weight excluding hydrogens is 128 g/mol. The molecule has 0 aliphatic carbocycles. The number of nitrogens with one attached hydrogen (secondary N) is 1. The van der Waals surface area contributed by atoms with Crippen LogP contribution in [0.25, 0.3) is 0 Å². The predicted octanol–water partition coefficient (Wildman–Crippen LogP) is 0.323. The molecule has 0 fully saturated rings. The minimum absolute atomic E-state index is 0.545. The number of H-pyrrole nitrogens is 1. The number of nitrogens with zero attached hydrogens (tertiary/aromatic N) is 3. The topological polar surface area (TPSA) is 55.7 Å². The van der Waals surface area contributed by atoms with Gasteiger partial charge in [-0.1, -0.05) is 0 Å². The molecule has 1 heterocycles. The molecule has 0 bridgehead atoms. The largest absolute Gasteiger partial charge is 0.347 e. The molecule has 0 unspecified atom stereocenters. The van der Waals surface area contributed by atoms with Crippen LogP contribution in [0.4, 0.5) is 0 Å². The Labute approximate surface area is 59.1 Å². The molecule has 0 radical (unpaired) electrons. The van der Waals surface area contributed by atoms with E-state index in [1.807, 2.05) is 6.19 Å². The van der Waals surface area contributed by atoms with Crippen LogP contribution in [0, 0.1) is 11.5 Å². The van der Waals surface area contributed by atoms with E-state index < -0.39 is 0 Å². The molecule has 0 aliphatic heterocycles. The van der Waals surface area contributed by atoms with Crippen molar-refractivity contribution in [2.45, 2.75) is 6.54 Å². The van der Waals surface area contributed by atoms with Crippen molar-refractivity contribution in [1.29, 1.82) is 5.26 Å². The summed E-state index contributed by atoms with van der Waals surface area (Å²) in [6.07, 6.45) is 5.38. The van der Waals surface area contributed by atoms with Crippen LogP contribution in [-0.4, -0.2) is 21.9 Å². The van der Waals surface area contributed by atoms with Crippen molar-refractivity contribution in [3.05, 3.63) is 18.2 Å². The Morgan fingerprint density at radius 2 is 2.70 bits per heavy atom. The van der Waals surface area contributed by atoms with Gasteiger partial charge in [0.25, 0.3) is 0 Å². The molecular formula is C6H8N4. The summed E-state index contributed by atoms with van der Waals surface area (Å²) in [6, 6.07) is 0. The molecule has 10 heavy (non-hydrogen) atoms. The van der Waals surface area contributed by atoms with E-state index in [1.54, 1.807) is 19.4 Å². The van der Waals surface area contributed by atoms with Crippen LogP contribution in [0.1, 0.15) is 5.82 Å². The average Bonchev–Trinajstić information content (AvgIpc) is 2.40. The Hall–Kier alpha value is -1.50. The lowest BCUT2D eigenvalue weighted by Crippen LogP contribution is -2.10. The smallest absolute Gasteiger partial charge is 0.179 e. The lowest BCUT2D eigenvalue weighted by atomic mass is 10.6. The zero-order valence-electron chi connectivity index (χ0n) is 5.70. The molecule has 52 valence electrons. The van der Waals surface area contributed by atoms with Gasteiger partial charge in [0.05, 0.1) is 6.54 Å². The van der Waals surface area contributed by atoms with Crippen LogP contribution in [0.15, 0.2) is 12.4 Å². The average molecular weight is 136 g/mol. The van der Waals surface area contributed by atoms with Crippen molar-refractivity contribution in [3.8, 4) is 6.19 Å². The standard InChI is InChI=1S/C6H8N4/c1-10(5-7)4-6-8-2-3-9-6/h2-3H,4H2,1H3,(H,8,9). The zero-order chi connectivity index (χ0) is 7.40. The van der Waals surface area contributed by atoms with E-state index in [0.717, 1.165) is 5.82 Å². The van der Waals surface area contributed by atoms with E-state index in [-0.39, 0.29) is 0 Å². The number of aromatic nitrogens is 2. The summed E-state index contributed by atoms with van der Waals surface area (Å²) in [7, 11) is 1.71. The third-order valence-corrected chi connectivity index (χ3v) is 1.11. The van der Waals surface area contributed by atoms with Crippen LogP contribution >= 0.6 is 0 Å². The molecule has 4 heteroatoms. The predicted molar refractivity (Wildman–Crippen MR) is 35.7 cm³/mol. The Morgan fingerprint density at radius 3 is 3.20 bits per heavy atom. The molecule has 4 nitrogen and oxygen atoms in total. The summed E-state index contributed by atoms with van der Waals surface area (Å²) in [5.74, 6) is 0.809. The first-order valence-electron chi connectivity index (χ1n) is 2.92. The maximum Gasteiger partial charge on any atom is 0.179 e. The van der Waals surface area contributed by atoms with Gasteiger partial charge < -0.3 is 9.88 Å². The molecule has 1 aromatic rings. The molecule has 1 aromatic heterocycles. The lowest BCUT2D eigenvalue weighted by Gasteiger charge is -2.03. The van der Waals surface area contributed by atoms with E-state index in [2.05, 4.69) is 9.97 Å². The second kappa shape index (κ2) is 2.87. The number of rotatable bonds is 2. The molecule has 1 N–H and O–H groups in total. The van der Waals surface area contributed by atoms with Crippen molar-refractivity contribution >= 4 is 0 Å². The Kier molecular flexibility index (Phi) is 1.90. The fraction of sp³-hybridized carbons (Fsp3) is 0.333. The quantitative estimate of drug-likeness (QED) is 0.470. The van der Waals surface area contributed by atoms with Crippen LogP contribution in [-0.2, 0) is 6.54 Å². The van der Waals surface area contributed by atoms with Gasteiger partial charge in [0.15, 0.2) is 6.19 Å². The highest BCUT2D eigenvalue weighted by Crippen LogP contribution is 1.92. The minimum Gasteiger partial charge on any atom is -0.347 e. The summed E-state index contributed by atoms with van der Waals surface area (Å²) in [6.45, 7) is 0.545. The van der Waals surface area contributed by atoms with Crippen molar-refractivity contribution < 1.29 is 0 Å². The maximum atomic E-state index is 8.37. The molecule has 0 atom stereocenters. The van der Waals surface area contributed by atoms with Gasteiger partial charge in [0.1, 0.15) is 5.82 Å². The molecule has 0 amide bonds. The Bertz CT molecular complexity index is 220. The minimum atomic E-state index is 0.545. The van der Waals surface area contributed by atoms with Crippen molar-refractivity contribution in [2.24, 2.45) is 0 Å². The Balaban J connectivity index is 2.50. The van der Waals surface area contributed by atoms with Gasteiger partial charge in [-0.15, -0.1) is 0 Å². The van der Waals surface area contributed by atoms with Crippen LogP contribution in [0.5, 0.6) is 0 Å². The van der Waals surface area contributed by atoms with Crippen LogP contribution in [0.3, 0.4) is 0 Å². The molecule has 0 spiro atoms. The fourth-order valence-corrected chi connectivity index (χ4v) is 0.644. The SMILES string of the molecule is CN(C#N)Cc1ncc[nH]1. The van der Waals surface area contributed by atoms with E-state index >= 15 is 0 Å². The normalized spacial score (nSPS) is 8.80. The monoisotopic (exact) mass is 136 g/mol. The van der Waals surface area contributed by atoms with Crippen molar-refractivity contribution in [1.82, 2.24) is 14.9 Å². The highest BCUT2D eigenvalue weighted by atomic mass is 15.1. The molecule has 1 rings (SSSR count). The van der Waals surface area contributed by atoms with Crippen molar-refractivity contribution in [2.75, 3.05) is 7.05 Å². The van der Waals surface area contributed by atoms with E-state index in [0.29, 0.717) is 6.54 Å². The fourth-order valence-electron chi connectivity index (χ4n) is 0.644. The van der Waals surface area contributed by atoms with Gasteiger partial charge >= 0.3 is 0 Å². The molecule has 0 aliphatic rings. The summed E-state index contributed by atoms with van der Waals surface area (Å²) < 4.78 is 0. The number of hydrogen-bond donors (Lipinski definition) is 1. The van der Waals surface area contributed by atoms with E-state index in [4.69, 9.17) is 5.26 Å². The summed E-state index contributed by atoms with van der Waals surface area (Å²) in [4.78, 5) is 8.35. The van der Waals surface area contributed by atoms with Gasteiger partial charge in [-0.05, 0) is 0 Å². The molecule has 0 saturated heterocycles. The van der Waals surface area contributed by atoms with Crippen LogP contribution in [0.2, 0.25) is 0 Å². The van der Waals surface area contributed by atoms with E-state index in [9.17, 15) is 0 Å². The van der Waals surface area contributed by atoms with Gasteiger partial charge in [-0.3, -0.25) is 0 Å². The molecule has 0 aromatic carbocycles. The van der Waals surface area contributed by atoms with Gasteiger partial charge in [-0.25, -0.2) is 4.98 Å². The highest BCUT2D eigenvalue weighted by Gasteiger charge is 1.96. The van der Waals surface area contributed by atoms with Gasteiger partial charge in [0.2, 0.25) is 0 Å². The molecule has 0 saturated carbocycles. The first kappa shape index (κ1) is 6.62. The number of aromatic amines is 1. The Morgan fingerprint density at radius 1 is 1.90 bits per heavy atom. The first-order valence-corrected chi connectivity index (χ1v) is 2.92.